The van der Waals surface area contributed by atoms with Gasteiger partial charge in [-0.3, -0.25) is 4.79 Å². The summed E-state index contributed by atoms with van der Waals surface area (Å²) in [7, 11) is 0. The lowest BCUT2D eigenvalue weighted by molar-refractivity contribution is 0.0745. The summed E-state index contributed by atoms with van der Waals surface area (Å²) in [4.78, 5) is 26.1. The summed E-state index contributed by atoms with van der Waals surface area (Å²) in [5.41, 5.74) is 2.69. The highest BCUT2D eigenvalue weighted by Gasteiger charge is 2.24. The van der Waals surface area contributed by atoms with Crippen molar-refractivity contribution in [1.29, 1.82) is 0 Å². The molecule has 0 bridgehead atoms. The Morgan fingerprint density at radius 2 is 1.66 bits per heavy atom. The van der Waals surface area contributed by atoms with Gasteiger partial charge in [0.15, 0.2) is 5.82 Å². The molecule has 8 heteroatoms. The van der Waals surface area contributed by atoms with E-state index in [1.807, 2.05) is 66.8 Å². The quantitative estimate of drug-likeness (QED) is 0.607. The Kier molecular flexibility index (Phi) is 5.36. The van der Waals surface area contributed by atoms with E-state index in [1.165, 1.54) is 0 Å². The molecule has 29 heavy (non-hydrogen) atoms. The Morgan fingerprint density at radius 3 is 2.31 bits per heavy atom. The van der Waals surface area contributed by atoms with Gasteiger partial charge in [-0.1, -0.05) is 12.1 Å². The summed E-state index contributed by atoms with van der Waals surface area (Å²) in [5, 5.41) is 4.54. The molecule has 4 rings (SSSR count). The van der Waals surface area contributed by atoms with E-state index in [-0.39, 0.29) is 5.91 Å². The maximum Gasteiger partial charge on any atom is 0.255 e. The lowest BCUT2D eigenvalue weighted by Gasteiger charge is -2.35. The Labute approximate surface area is 178 Å². The summed E-state index contributed by atoms with van der Waals surface area (Å²) < 4.78 is 2.67. The van der Waals surface area contributed by atoms with Gasteiger partial charge in [-0.25, -0.2) is 14.6 Å². The summed E-state index contributed by atoms with van der Waals surface area (Å²) in [5.74, 6) is 2.40. The van der Waals surface area contributed by atoms with Crippen molar-refractivity contribution in [2.75, 3.05) is 31.1 Å². The first-order valence-corrected chi connectivity index (χ1v) is 10.4. The molecular formula is C21H23BrN6O. The van der Waals surface area contributed by atoms with E-state index in [9.17, 15) is 4.79 Å². The van der Waals surface area contributed by atoms with Crippen LogP contribution in [-0.4, -0.2) is 56.7 Å². The third-order valence-electron chi connectivity index (χ3n) is 5.03. The Bertz CT molecular complexity index is 1060. The highest BCUT2D eigenvalue weighted by atomic mass is 79.9. The minimum atomic E-state index is 0.0549. The van der Waals surface area contributed by atoms with Gasteiger partial charge in [0.2, 0.25) is 0 Å². The molecule has 7 nitrogen and oxygen atoms in total. The lowest BCUT2D eigenvalue weighted by Crippen LogP contribution is -2.49. The zero-order chi connectivity index (χ0) is 20.5. The lowest BCUT2D eigenvalue weighted by atomic mass is 10.2. The van der Waals surface area contributed by atoms with Crippen molar-refractivity contribution in [2.24, 2.45) is 0 Å². The van der Waals surface area contributed by atoms with Crippen LogP contribution in [0.25, 0.3) is 5.82 Å². The maximum atomic E-state index is 12.8. The number of piperazine rings is 1. The van der Waals surface area contributed by atoms with Crippen LogP contribution >= 0.6 is 15.9 Å². The van der Waals surface area contributed by atoms with Gasteiger partial charge in [-0.2, -0.15) is 5.10 Å². The highest BCUT2D eigenvalue weighted by molar-refractivity contribution is 9.10. The van der Waals surface area contributed by atoms with Gasteiger partial charge in [0.05, 0.1) is 11.3 Å². The number of halogens is 1. The smallest absolute Gasteiger partial charge is 0.255 e. The second-order valence-corrected chi connectivity index (χ2v) is 8.08. The van der Waals surface area contributed by atoms with Gasteiger partial charge in [0.25, 0.3) is 5.91 Å². The average molecular weight is 455 g/mol. The van der Waals surface area contributed by atoms with Crippen LogP contribution in [0, 0.1) is 20.8 Å². The van der Waals surface area contributed by atoms with Crippen molar-refractivity contribution >= 4 is 27.7 Å². The van der Waals surface area contributed by atoms with Gasteiger partial charge in [0, 0.05) is 42.4 Å². The molecule has 0 spiro atoms. The molecule has 1 fully saturated rings. The SMILES string of the molecule is Cc1cc(C)n(-c2cc(N3CCN(C(=O)c4ccccc4Br)CC3)nc(C)n2)n1. The minimum absolute atomic E-state index is 0.0549. The van der Waals surface area contributed by atoms with E-state index in [4.69, 9.17) is 0 Å². The van der Waals surface area contributed by atoms with E-state index in [0.717, 1.165) is 40.6 Å². The van der Waals surface area contributed by atoms with Gasteiger partial charge in [0.1, 0.15) is 11.6 Å². The normalized spacial score (nSPS) is 14.3. The predicted octanol–water partition coefficient (Wildman–Crippen LogP) is 3.31. The predicted molar refractivity (Wildman–Crippen MR) is 116 cm³/mol. The number of hydrogen-bond donors (Lipinski definition) is 0. The third kappa shape index (κ3) is 4.03. The number of carbonyl (C=O) groups is 1. The number of benzene rings is 1. The van der Waals surface area contributed by atoms with Crippen molar-refractivity contribution in [2.45, 2.75) is 20.8 Å². The zero-order valence-electron chi connectivity index (χ0n) is 16.8. The molecule has 0 saturated carbocycles. The first-order chi connectivity index (χ1) is 13.9. The van der Waals surface area contributed by atoms with Crippen LogP contribution in [0.4, 0.5) is 5.82 Å². The molecule has 0 N–H and O–H groups in total. The van der Waals surface area contributed by atoms with Crippen molar-refractivity contribution in [3.63, 3.8) is 0 Å². The monoisotopic (exact) mass is 454 g/mol. The fourth-order valence-electron chi connectivity index (χ4n) is 3.61. The maximum absolute atomic E-state index is 12.8. The zero-order valence-corrected chi connectivity index (χ0v) is 18.3. The van der Waals surface area contributed by atoms with Gasteiger partial charge in [-0.15, -0.1) is 0 Å². The number of aromatic nitrogens is 4. The number of aryl methyl sites for hydroxylation is 3. The van der Waals surface area contributed by atoms with Crippen LogP contribution in [0.15, 0.2) is 40.9 Å². The highest BCUT2D eigenvalue weighted by Crippen LogP contribution is 2.21. The number of nitrogens with zero attached hydrogens (tertiary/aromatic N) is 6. The Hall–Kier alpha value is -2.74. The largest absolute Gasteiger partial charge is 0.353 e. The van der Waals surface area contributed by atoms with Crippen LogP contribution in [0.5, 0.6) is 0 Å². The van der Waals surface area contributed by atoms with Crippen molar-refractivity contribution in [3.05, 3.63) is 63.6 Å². The molecule has 1 aliphatic rings. The van der Waals surface area contributed by atoms with Gasteiger partial charge in [-0.05, 0) is 54.9 Å². The molecule has 150 valence electrons. The van der Waals surface area contributed by atoms with Crippen LogP contribution in [0.2, 0.25) is 0 Å². The molecule has 0 radical (unpaired) electrons. The summed E-state index contributed by atoms with van der Waals surface area (Å²) in [6.45, 7) is 8.64. The molecule has 2 aromatic heterocycles. The summed E-state index contributed by atoms with van der Waals surface area (Å²) in [6.07, 6.45) is 0. The molecule has 0 atom stereocenters. The fraction of sp³-hybridized carbons (Fsp3) is 0.333. The van der Waals surface area contributed by atoms with Crippen molar-refractivity contribution in [3.8, 4) is 5.82 Å². The molecular weight excluding hydrogens is 432 g/mol. The topological polar surface area (TPSA) is 67.2 Å². The molecule has 1 amide bonds. The molecule has 3 heterocycles. The van der Waals surface area contributed by atoms with E-state index >= 15 is 0 Å². The summed E-state index contributed by atoms with van der Waals surface area (Å²) >= 11 is 3.47. The molecule has 0 aliphatic carbocycles. The Balaban J connectivity index is 1.51. The number of amides is 1. The minimum Gasteiger partial charge on any atom is -0.353 e. The molecule has 1 aromatic carbocycles. The summed E-state index contributed by atoms with van der Waals surface area (Å²) in [6, 6.07) is 11.6. The fourth-order valence-corrected chi connectivity index (χ4v) is 4.07. The standard InChI is InChI=1S/C21H23BrN6O/c1-14-12-15(2)28(25-14)20-13-19(23-16(3)24-20)26-8-10-27(11-9-26)21(29)17-6-4-5-7-18(17)22/h4-7,12-13H,8-11H2,1-3H3. The van der Waals surface area contributed by atoms with E-state index < -0.39 is 0 Å². The second-order valence-electron chi connectivity index (χ2n) is 7.23. The first-order valence-electron chi connectivity index (χ1n) is 9.60. The van der Waals surface area contributed by atoms with Gasteiger partial charge >= 0.3 is 0 Å². The van der Waals surface area contributed by atoms with Crippen LogP contribution in [0.1, 0.15) is 27.6 Å². The number of carbonyl (C=O) groups excluding carboxylic acids is 1. The van der Waals surface area contributed by atoms with Crippen LogP contribution in [-0.2, 0) is 0 Å². The van der Waals surface area contributed by atoms with Crippen LogP contribution in [0.3, 0.4) is 0 Å². The van der Waals surface area contributed by atoms with Crippen molar-refractivity contribution < 1.29 is 4.79 Å². The number of anilines is 1. The third-order valence-corrected chi connectivity index (χ3v) is 5.72. The average Bonchev–Trinajstić information content (AvgIpc) is 3.05. The van der Waals surface area contributed by atoms with Gasteiger partial charge < -0.3 is 9.80 Å². The number of rotatable bonds is 3. The number of hydrogen-bond acceptors (Lipinski definition) is 5. The molecule has 3 aromatic rings. The first kappa shape index (κ1) is 19.6. The van der Waals surface area contributed by atoms with E-state index in [2.05, 4.69) is 35.9 Å². The van der Waals surface area contributed by atoms with E-state index in [0.29, 0.717) is 24.5 Å². The Morgan fingerprint density at radius 1 is 0.966 bits per heavy atom. The molecule has 1 aliphatic heterocycles. The second kappa shape index (κ2) is 7.94. The molecule has 0 unspecified atom stereocenters. The van der Waals surface area contributed by atoms with Crippen LogP contribution < -0.4 is 4.90 Å². The van der Waals surface area contributed by atoms with Crippen molar-refractivity contribution in [1.82, 2.24) is 24.6 Å². The molecule has 1 saturated heterocycles. The van der Waals surface area contributed by atoms with E-state index in [1.54, 1.807) is 0 Å².